The van der Waals surface area contributed by atoms with Crippen LogP contribution in [0, 0.1) is 5.92 Å². The fraction of sp³-hybridized carbons (Fsp3) is 0.444. The first-order chi connectivity index (χ1) is 7.08. The normalized spacial score (nSPS) is 11.5. The van der Waals surface area contributed by atoms with Crippen molar-refractivity contribution in [1.29, 1.82) is 0 Å². The largest absolute Gasteiger partial charge is 0.315 e. The molecule has 0 saturated carbocycles. The summed E-state index contributed by atoms with van der Waals surface area (Å²) >= 11 is 5.68. The first kappa shape index (κ1) is 10.2. The minimum atomic E-state index is -0.299. The fourth-order valence-corrected chi connectivity index (χ4v) is 1.62. The van der Waals surface area contributed by atoms with Gasteiger partial charge in [0.15, 0.2) is 11.2 Å². The number of rotatable bonds is 2. The molecule has 6 heteroatoms. The topological polar surface area (TPSA) is 63.6 Å². The van der Waals surface area contributed by atoms with Gasteiger partial charge in [0.2, 0.25) is 5.28 Å². The standard InChI is InChI=1S/C9H11ClN4O/c1-5(2)3-14-4-11-6-7(14)12-9(10)13-8(6)15/h4-5H,3H2,1-2H3,(H,12,13,15). The van der Waals surface area contributed by atoms with Crippen LogP contribution in [-0.2, 0) is 6.54 Å². The zero-order valence-electron chi connectivity index (χ0n) is 8.49. The third-order valence-electron chi connectivity index (χ3n) is 2.01. The lowest BCUT2D eigenvalue weighted by molar-refractivity contribution is 0.530. The van der Waals surface area contributed by atoms with Crippen molar-refractivity contribution < 1.29 is 0 Å². The molecule has 0 aliphatic rings. The zero-order valence-corrected chi connectivity index (χ0v) is 9.25. The molecule has 5 nitrogen and oxygen atoms in total. The average molecular weight is 227 g/mol. The fourth-order valence-electron chi connectivity index (χ4n) is 1.45. The van der Waals surface area contributed by atoms with E-state index in [9.17, 15) is 4.79 Å². The molecule has 2 rings (SSSR count). The van der Waals surface area contributed by atoms with Crippen molar-refractivity contribution in [3.63, 3.8) is 0 Å². The van der Waals surface area contributed by atoms with Gasteiger partial charge in [0.25, 0.3) is 5.56 Å². The van der Waals surface area contributed by atoms with E-state index in [0.717, 1.165) is 6.54 Å². The third-order valence-corrected chi connectivity index (χ3v) is 2.19. The van der Waals surface area contributed by atoms with Crippen molar-refractivity contribution in [2.45, 2.75) is 20.4 Å². The van der Waals surface area contributed by atoms with Gasteiger partial charge in [0.1, 0.15) is 0 Å². The highest BCUT2D eigenvalue weighted by Gasteiger charge is 2.09. The van der Waals surface area contributed by atoms with E-state index >= 15 is 0 Å². The van der Waals surface area contributed by atoms with Crippen LogP contribution in [0.15, 0.2) is 11.1 Å². The Balaban J connectivity index is 2.63. The maximum absolute atomic E-state index is 11.4. The number of imidazole rings is 1. The lowest BCUT2D eigenvalue weighted by Gasteiger charge is -2.05. The van der Waals surface area contributed by atoms with Crippen molar-refractivity contribution in [2.75, 3.05) is 0 Å². The molecule has 0 aliphatic heterocycles. The number of nitrogens with one attached hydrogen (secondary N) is 1. The number of aromatic amines is 1. The van der Waals surface area contributed by atoms with E-state index < -0.39 is 0 Å². The molecule has 0 fully saturated rings. The summed E-state index contributed by atoms with van der Waals surface area (Å²) in [6.07, 6.45) is 1.61. The Morgan fingerprint density at radius 1 is 1.60 bits per heavy atom. The van der Waals surface area contributed by atoms with Crippen LogP contribution >= 0.6 is 11.6 Å². The van der Waals surface area contributed by atoms with Crippen LogP contribution in [0.4, 0.5) is 0 Å². The minimum absolute atomic E-state index is 0.0954. The van der Waals surface area contributed by atoms with Crippen LogP contribution in [-0.4, -0.2) is 19.5 Å². The van der Waals surface area contributed by atoms with Gasteiger partial charge in [-0.2, -0.15) is 4.98 Å². The number of halogens is 1. The molecular formula is C9H11ClN4O. The monoisotopic (exact) mass is 226 g/mol. The number of H-pyrrole nitrogens is 1. The molecule has 0 aliphatic carbocycles. The van der Waals surface area contributed by atoms with E-state index in [1.165, 1.54) is 0 Å². The molecule has 0 radical (unpaired) electrons. The smallest absolute Gasteiger partial charge is 0.280 e. The van der Waals surface area contributed by atoms with Gasteiger partial charge in [-0.25, -0.2) is 4.98 Å². The SMILES string of the molecule is CC(C)Cn1cnc2c(=O)[nH]c(Cl)nc21. The summed E-state index contributed by atoms with van der Waals surface area (Å²) in [7, 11) is 0. The van der Waals surface area contributed by atoms with Gasteiger partial charge in [0.05, 0.1) is 6.33 Å². The van der Waals surface area contributed by atoms with E-state index in [4.69, 9.17) is 11.6 Å². The number of hydrogen-bond donors (Lipinski definition) is 1. The van der Waals surface area contributed by atoms with Gasteiger partial charge in [0, 0.05) is 6.54 Å². The molecule has 0 spiro atoms. The average Bonchev–Trinajstić information content (AvgIpc) is 2.48. The van der Waals surface area contributed by atoms with Crippen molar-refractivity contribution in [1.82, 2.24) is 19.5 Å². The number of nitrogens with zero attached hydrogens (tertiary/aromatic N) is 3. The Labute approximate surface area is 91.1 Å². The van der Waals surface area contributed by atoms with Crippen molar-refractivity contribution >= 4 is 22.8 Å². The predicted molar refractivity (Wildman–Crippen MR) is 58.0 cm³/mol. The molecule has 0 atom stereocenters. The highest BCUT2D eigenvalue weighted by molar-refractivity contribution is 6.28. The molecule has 0 unspecified atom stereocenters. The number of aromatic nitrogens is 4. The lowest BCUT2D eigenvalue weighted by atomic mass is 10.2. The molecule has 0 saturated heterocycles. The van der Waals surface area contributed by atoms with Gasteiger partial charge in [-0.1, -0.05) is 13.8 Å². The summed E-state index contributed by atoms with van der Waals surface area (Å²) in [5, 5.41) is 0.0954. The summed E-state index contributed by atoms with van der Waals surface area (Å²) in [6.45, 7) is 4.94. The van der Waals surface area contributed by atoms with Crippen LogP contribution in [0.3, 0.4) is 0 Å². The van der Waals surface area contributed by atoms with Crippen LogP contribution in [0.1, 0.15) is 13.8 Å². The van der Waals surface area contributed by atoms with Crippen molar-refractivity contribution in [3.8, 4) is 0 Å². The first-order valence-electron chi connectivity index (χ1n) is 4.68. The summed E-state index contributed by atoms with van der Waals surface area (Å²) in [6, 6.07) is 0. The molecule has 0 bridgehead atoms. The molecule has 1 N–H and O–H groups in total. The van der Waals surface area contributed by atoms with E-state index in [0.29, 0.717) is 17.1 Å². The number of hydrogen-bond acceptors (Lipinski definition) is 3. The van der Waals surface area contributed by atoms with Gasteiger partial charge >= 0.3 is 0 Å². The molecule has 0 aromatic carbocycles. The minimum Gasteiger partial charge on any atom is -0.315 e. The van der Waals surface area contributed by atoms with Crippen LogP contribution in [0.25, 0.3) is 11.2 Å². The molecule has 2 aromatic heterocycles. The third kappa shape index (κ3) is 1.87. The van der Waals surface area contributed by atoms with E-state index in [-0.39, 0.29) is 10.8 Å². The Bertz CT molecular complexity index is 543. The van der Waals surface area contributed by atoms with Crippen LogP contribution in [0.5, 0.6) is 0 Å². The molecule has 2 aromatic rings. The Morgan fingerprint density at radius 3 is 3.00 bits per heavy atom. The predicted octanol–water partition coefficient (Wildman–Crippen LogP) is 1.43. The molecule has 80 valence electrons. The maximum Gasteiger partial charge on any atom is 0.280 e. The summed E-state index contributed by atoms with van der Waals surface area (Å²) < 4.78 is 1.83. The van der Waals surface area contributed by atoms with E-state index in [1.807, 2.05) is 4.57 Å². The Morgan fingerprint density at radius 2 is 2.33 bits per heavy atom. The Kier molecular flexibility index (Phi) is 2.48. The van der Waals surface area contributed by atoms with Crippen LogP contribution < -0.4 is 5.56 Å². The van der Waals surface area contributed by atoms with E-state index in [1.54, 1.807) is 6.33 Å². The summed E-state index contributed by atoms with van der Waals surface area (Å²) in [5.41, 5.74) is 0.574. The molecule has 2 heterocycles. The highest BCUT2D eigenvalue weighted by atomic mass is 35.5. The highest BCUT2D eigenvalue weighted by Crippen LogP contribution is 2.10. The van der Waals surface area contributed by atoms with E-state index in [2.05, 4.69) is 28.8 Å². The van der Waals surface area contributed by atoms with Gasteiger partial charge in [-0.05, 0) is 17.5 Å². The summed E-state index contributed by atoms with van der Waals surface area (Å²) in [5.74, 6) is 0.460. The number of fused-ring (bicyclic) bond motifs is 1. The second-order valence-corrected chi connectivity index (χ2v) is 4.18. The first-order valence-corrected chi connectivity index (χ1v) is 5.06. The second-order valence-electron chi connectivity index (χ2n) is 3.82. The van der Waals surface area contributed by atoms with Crippen molar-refractivity contribution in [2.24, 2.45) is 5.92 Å². The van der Waals surface area contributed by atoms with Gasteiger partial charge < -0.3 is 4.57 Å². The maximum atomic E-state index is 11.4. The lowest BCUT2D eigenvalue weighted by Crippen LogP contribution is -2.10. The summed E-state index contributed by atoms with van der Waals surface area (Å²) in [4.78, 5) is 21.9. The quantitative estimate of drug-likeness (QED) is 0.788. The van der Waals surface area contributed by atoms with Gasteiger partial charge in [-0.3, -0.25) is 9.78 Å². The zero-order chi connectivity index (χ0) is 11.0. The molecular weight excluding hydrogens is 216 g/mol. The Hall–Kier alpha value is -1.36. The molecule has 15 heavy (non-hydrogen) atoms. The van der Waals surface area contributed by atoms with Crippen LogP contribution in [0.2, 0.25) is 5.28 Å². The van der Waals surface area contributed by atoms with Crippen molar-refractivity contribution in [3.05, 3.63) is 22.0 Å². The molecule has 0 amide bonds. The second kappa shape index (κ2) is 3.66. The van der Waals surface area contributed by atoms with Gasteiger partial charge in [-0.15, -0.1) is 0 Å².